The van der Waals surface area contributed by atoms with Crippen LogP contribution >= 0.6 is 0 Å². The van der Waals surface area contributed by atoms with E-state index in [-0.39, 0.29) is 30.3 Å². The molecule has 0 bridgehead atoms. The number of nitrogens with zero attached hydrogens (tertiary/aromatic N) is 2. The average Bonchev–Trinajstić information content (AvgIpc) is 2.52. The van der Waals surface area contributed by atoms with Crippen molar-refractivity contribution in [3.63, 3.8) is 0 Å². The van der Waals surface area contributed by atoms with E-state index < -0.39 is 5.97 Å². The van der Waals surface area contributed by atoms with Gasteiger partial charge in [0.1, 0.15) is 0 Å². The molecule has 0 unspecified atom stereocenters. The number of amides is 1. The molecule has 2 rings (SSSR count). The summed E-state index contributed by atoms with van der Waals surface area (Å²) in [6.45, 7) is 1.05. The maximum absolute atomic E-state index is 12.4. The van der Waals surface area contributed by atoms with Gasteiger partial charge in [-0.2, -0.15) is 0 Å². The third-order valence-electron chi connectivity index (χ3n) is 4.10. The Hall–Kier alpha value is -2.11. The van der Waals surface area contributed by atoms with Gasteiger partial charge >= 0.3 is 5.97 Å². The van der Waals surface area contributed by atoms with Gasteiger partial charge < -0.3 is 14.6 Å². The fourth-order valence-electron chi connectivity index (χ4n) is 2.92. The summed E-state index contributed by atoms with van der Waals surface area (Å²) in [7, 11) is 0. The molecular formula is C16H22N2O4. The Kier molecular flexibility index (Phi) is 5.75. The Morgan fingerprint density at radius 2 is 2.05 bits per heavy atom. The number of likely N-dealkylation sites (tertiary alicyclic amines) is 1. The fourth-order valence-corrected chi connectivity index (χ4v) is 2.92. The molecule has 0 radical (unpaired) electrons. The highest BCUT2D eigenvalue weighted by atomic mass is 16.4. The number of aromatic nitrogens is 1. The smallest absolute Gasteiger partial charge is 0.303 e. The van der Waals surface area contributed by atoms with Crippen LogP contribution in [0.1, 0.15) is 38.5 Å². The molecule has 1 fully saturated rings. The van der Waals surface area contributed by atoms with Crippen LogP contribution in [-0.4, -0.2) is 39.0 Å². The second-order valence-electron chi connectivity index (χ2n) is 5.65. The number of carboxylic acid groups (broad SMARTS) is 1. The molecule has 1 atom stereocenters. The van der Waals surface area contributed by atoms with E-state index in [1.807, 2.05) is 0 Å². The Morgan fingerprint density at radius 1 is 1.23 bits per heavy atom. The van der Waals surface area contributed by atoms with Gasteiger partial charge in [0.25, 0.3) is 5.56 Å². The maximum Gasteiger partial charge on any atom is 0.303 e. The topological polar surface area (TPSA) is 79.6 Å². The summed E-state index contributed by atoms with van der Waals surface area (Å²) >= 11 is 0. The summed E-state index contributed by atoms with van der Waals surface area (Å²) < 4.78 is 1.52. The molecule has 22 heavy (non-hydrogen) atoms. The van der Waals surface area contributed by atoms with Crippen molar-refractivity contribution >= 4 is 11.9 Å². The molecule has 0 aliphatic carbocycles. The molecule has 0 aromatic carbocycles. The third kappa shape index (κ3) is 4.44. The molecule has 1 amide bonds. The van der Waals surface area contributed by atoms with Gasteiger partial charge in [0.15, 0.2) is 0 Å². The summed E-state index contributed by atoms with van der Waals surface area (Å²) in [5.41, 5.74) is -0.114. The van der Waals surface area contributed by atoms with Crippen molar-refractivity contribution in [3.8, 4) is 0 Å². The van der Waals surface area contributed by atoms with Crippen LogP contribution in [0.15, 0.2) is 29.2 Å². The van der Waals surface area contributed by atoms with Crippen molar-refractivity contribution < 1.29 is 14.7 Å². The molecule has 0 spiro atoms. The lowest BCUT2D eigenvalue weighted by Crippen LogP contribution is -2.44. The van der Waals surface area contributed by atoms with Crippen LogP contribution in [0.2, 0.25) is 0 Å². The van der Waals surface area contributed by atoms with Crippen LogP contribution < -0.4 is 5.56 Å². The molecule has 1 N–H and O–H groups in total. The summed E-state index contributed by atoms with van der Waals surface area (Å²) in [5.74, 6) is -0.820. The van der Waals surface area contributed by atoms with Crippen molar-refractivity contribution in [2.75, 3.05) is 6.54 Å². The lowest BCUT2D eigenvalue weighted by molar-refractivity contribution is -0.140. The Balaban J connectivity index is 1.92. The highest BCUT2D eigenvalue weighted by Gasteiger charge is 2.26. The first kappa shape index (κ1) is 16.3. The van der Waals surface area contributed by atoms with Crippen molar-refractivity contribution in [1.82, 2.24) is 9.47 Å². The average molecular weight is 306 g/mol. The van der Waals surface area contributed by atoms with Gasteiger partial charge in [0.05, 0.1) is 0 Å². The highest BCUT2D eigenvalue weighted by molar-refractivity contribution is 5.76. The normalized spacial score (nSPS) is 18.2. The number of hydrogen-bond donors (Lipinski definition) is 1. The summed E-state index contributed by atoms with van der Waals surface area (Å²) in [4.78, 5) is 36.6. The van der Waals surface area contributed by atoms with Crippen LogP contribution in [0.3, 0.4) is 0 Å². The van der Waals surface area contributed by atoms with Gasteiger partial charge in [-0.3, -0.25) is 14.4 Å². The minimum Gasteiger partial charge on any atom is -0.481 e. The lowest BCUT2D eigenvalue weighted by Gasteiger charge is -2.35. The molecular weight excluding hydrogens is 284 g/mol. The van der Waals surface area contributed by atoms with Crippen molar-refractivity contribution in [1.29, 1.82) is 0 Å². The van der Waals surface area contributed by atoms with Crippen LogP contribution in [0.5, 0.6) is 0 Å². The van der Waals surface area contributed by atoms with Gasteiger partial charge in [-0.25, -0.2) is 0 Å². The quantitative estimate of drug-likeness (QED) is 0.863. The summed E-state index contributed by atoms with van der Waals surface area (Å²) in [6, 6.07) is 4.93. The zero-order valence-electron chi connectivity index (χ0n) is 12.6. The molecule has 1 aromatic rings. The first-order valence-electron chi connectivity index (χ1n) is 7.74. The summed E-state index contributed by atoms with van der Waals surface area (Å²) in [5, 5.41) is 8.81. The second kappa shape index (κ2) is 7.77. The Bertz CT molecular complexity index is 582. The van der Waals surface area contributed by atoms with Crippen LogP contribution in [0.25, 0.3) is 0 Å². The second-order valence-corrected chi connectivity index (χ2v) is 5.65. The van der Waals surface area contributed by atoms with Crippen molar-refractivity contribution in [2.45, 2.75) is 51.1 Å². The van der Waals surface area contributed by atoms with Crippen LogP contribution in [0.4, 0.5) is 0 Å². The minimum atomic E-state index is -0.825. The molecule has 1 aliphatic rings. The highest BCUT2D eigenvalue weighted by Crippen LogP contribution is 2.21. The van der Waals surface area contributed by atoms with Crippen LogP contribution in [-0.2, 0) is 16.1 Å². The molecule has 120 valence electrons. The van der Waals surface area contributed by atoms with E-state index in [9.17, 15) is 14.4 Å². The molecule has 0 saturated carbocycles. The van der Waals surface area contributed by atoms with E-state index >= 15 is 0 Å². The number of aryl methyl sites for hydroxylation is 1. The predicted molar refractivity (Wildman–Crippen MR) is 81.5 cm³/mol. The maximum atomic E-state index is 12.4. The number of rotatable bonds is 6. The van der Waals surface area contributed by atoms with E-state index in [4.69, 9.17) is 5.11 Å². The number of piperidine rings is 1. The first-order chi connectivity index (χ1) is 10.6. The molecule has 1 saturated heterocycles. The van der Waals surface area contributed by atoms with E-state index in [0.717, 1.165) is 19.3 Å². The van der Waals surface area contributed by atoms with E-state index in [1.54, 1.807) is 23.2 Å². The van der Waals surface area contributed by atoms with E-state index in [0.29, 0.717) is 19.5 Å². The van der Waals surface area contributed by atoms with Gasteiger partial charge in [0, 0.05) is 44.2 Å². The monoisotopic (exact) mass is 306 g/mol. The number of hydrogen-bond acceptors (Lipinski definition) is 3. The number of carboxylic acids is 1. The van der Waals surface area contributed by atoms with E-state index in [1.165, 1.54) is 10.6 Å². The first-order valence-corrected chi connectivity index (χ1v) is 7.74. The van der Waals surface area contributed by atoms with Gasteiger partial charge in [-0.15, -0.1) is 0 Å². The van der Waals surface area contributed by atoms with Gasteiger partial charge in [-0.05, 0) is 31.7 Å². The van der Waals surface area contributed by atoms with Crippen molar-refractivity contribution in [3.05, 3.63) is 34.7 Å². The SMILES string of the molecule is O=C(O)CC[C@H]1CCCCN1C(=O)CCn1ccccc1=O. The largest absolute Gasteiger partial charge is 0.481 e. The molecule has 2 heterocycles. The number of pyridine rings is 1. The molecule has 1 aromatic heterocycles. The van der Waals surface area contributed by atoms with Gasteiger partial charge in [0.2, 0.25) is 5.91 Å². The summed E-state index contributed by atoms with van der Waals surface area (Å²) in [6.07, 6.45) is 5.40. The van der Waals surface area contributed by atoms with E-state index in [2.05, 4.69) is 0 Å². The predicted octanol–water partition coefficient (Wildman–Crippen LogP) is 1.48. The standard InChI is InChI=1S/C16H22N2O4/c19-14-6-2-3-10-17(14)12-9-15(20)18-11-4-1-5-13(18)7-8-16(21)22/h2-3,6,10,13H,1,4-5,7-9,11-12H2,(H,21,22)/t13-/m1/s1. The number of carbonyl (C=O) groups excluding carboxylic acids is 1. The van der Waals surface area contributed by atoms with Gasteiger partial charge in [-0.1, -0.05) is 6.07 Å². The lowest BCUT2D eigenvalue weighted by atomic mass is 9.97. The van der Waals surface area contributed by atoms with Crippen LogP contribution in [0, 0.1) is 0 Å². The molecule has 6 nitrogen and oxygen atoms in total. The number of aliphatic carboxylic acids is 1. The van der Waals surface area contributed by atoms with Crippen molar-refractivity contribution in [2.24, 2.45) is 0 Å². The molecule has 1 aliphatic heterocycles. The zero-order chi connectivity index (χ0) is 15.9. The third-order valence-corrected chi connectivity index (χ3v) is 4.10. The fraction of sp³-hybridized carbons (Fsp3) is 0.562. The molecule has 6 heteroatoms. The number of carbonyl (C=O) groups is 2. The Morgan fingerprint density at radius 3 is 2.77 bits per heavy atom. The zero-order valence-corrected chi connectivity index (χ0v) is 12.6. The Labute approximate surface area is 129 Å². The minimum absolute atomic E-state index is 0.00541.